The zero-order chi connectivity index (χ0) is 22.2. The van der Waals surface area contributed by atoms with Crippen LogP contribution in [0.3, 0.4) is 0 Å². The Morgan fingerprint density at radius 2 is 1.75 bits per heavy atom. The van der Waals surface area contributed by atoms with Gasteiger partial charge in [0.15, 0.2) is 0 Å². The van der Waals surface area contributed by atoms with Crippen LogP contribution in [-0.4, -0.2) is 15.5 Å². The van der Waals surface area contributed by atoms with Crippen molar-refractivity contribution in [1.29, 1.82) is 0 Å². The third-order valence-electron chi connectivity index (χ3n) is 5.58. The molecule has 0 unspecified atom stereocenters. The first kappa shape index (κ1) is 20.3. The monoisotopic (exact) mass is 449 g/mol. The van der Waals surface area contributed by atoms with E-state index in [4.69, 9.17) is 11.6 Å². The number of hydrogen-bond acceptors (Lipinski definition) is 1. The molecule has 1 aliphatic heterocycles. The minimum absolute atomic E-state index is 0.210. The van der Waals surface area contributed by atoms with Crippen LogP contribution in [-0.2, 0) is 6.54 Å². The lowest BCUT2D eigenvalue weighted by Crippen LogP contribution is -2.38. The topological polar surface area (TPSA) is 37.3 Å². The number of benzene rings is 3. The normalized spacial score (nSPS) is 15.0. The Bertz CT molecular complexity index is 1300. The van der Waals surface area contributed by atoms with Gasteiger partial charge in [-0.3, -0.25) is 0 Å². The minimum atomic E-state index is -0.707. The average Bonchev–Trinajstić information content (AvgIpc) is 3.21. The van der Waals surface area contributed by atoms with Crippen LogP contribution < -0.4 is 5.32 Å². The highest BCUT2D eigenvalue weighted by Gasteiger charge is 2.33. The van der Waals surface area contributed by atoms with Gasteiger partial charge in [-0.15, -0.1) is 0 Å². The van der Waals surface area contributed by atoms with E-state index >= 15 is 0 Å². The van der Waals surface area contributed by atoms with Crippen molar-refractivity contribution in [2.45, 2.75) is 12.6 Å². The summed E-state index contributed by atoms with van der Waals surface area (Å²) in [5.41, 5.74) is 3.39. The van der Waals surface area contributed by atoms with E-state index in [1.54, 1.807) is 17.0 Å². The van der Waals surface area contributed by atoms with Crippen LogP contribution in [0.5, 0.6) is 0 Å². The maximum atomic E-state index is 14.3. The number of amides is 2. The zero-order valence-corrected chi connectivity index (χ0v) is 17.6. The van der Waals surface area contributed by atoms with Crippen molar-refractivity contribution in [1.82, 2.24) is 9.47 Å². The van der Waals surface area contributed by atoms with Crippen molar-refractivity contribution in [3.63, 3.8) is 0 Å². The summed E-state index contributed by atoms with van der Waals surface area (Å²) in [5.74, 6) is -1.34. The van der Waals surface area contributed by atoms with Gasteiger partial charge >= 0.3 is 6.03 Å². The molecule has 32 heavy (non-hydrogen) atoms. The number of rotatable bonds is 2. The molecule has 1 N–H and O–H groups in total. The van der Waals surface area contributed by atoms with Crippen molar-refractivity contribution in [2.75, 3.05) is 5.32 Å². The number of halogens is 3. The molecule has 1 aromatic heterocycles. The van der Waals surface area contributed by atoms with Crippen LogP contribution in [0.2, 0.25) is 5.02 Å². The van der Waals surface area contributed by atoms with Crippen molar-refractivity contribution >= 4 is 23.3 Å². The quantitative estimate of drug-likeness (QED) is 0.370. The lowest BCUT2D eigenvalue weighted by Gasteiger charge is -2.31. The summed E-state index contributed by atoms with van der Waals surface area (Å²) < 4.78 is 30.0. The van der Waals surface area contributed by atoms with Crippen LogP contribution in [0.4, 0.5) is 19.3 Å². The number of aromatic nitrogens is 1. The second-order valence-corrected chi connectivity index (χ2v) is 8.00. The first-order valence-corrected chi connectivity index (χ1v) is 10.4. The summed E-state index contributed by atoms with van der Waals surface area (Å²) in [6, 6.07) is 20.9. The van der Waals surface area contributed by atoms with Gasteiger partial charge < -0.3 is 14.8 Å². The molecule has 4 nitrogen and oxygen atoms in total. The highest BCUT2D eigenvalue weighted by Crippen LogP contribution is 2.37. The molecule has 7 heteroatoms. The van der Waals surface area contributed by atoms with E-state index in [0.29, 0.717) is 5.02 Å². The van der Waals surface area contributed by atoms with Gasteiger partial charge in [0.05, 0.1) is 24.0 Å². The van der Waals surface area contributed by atoms with Crippen LogP contribution in [0.15, 0.2) is 85.1 Å². The highest BCUT2D eigenvalue weighted by atomic mass is 35.5. The molecule has 0 saturated heterocycles. The van der Waals surface area contributed by atoms with Gasteiger partial charge in [-0.1, -0.05) is 41.9 Å². The van der Waals surface area contributed by atoms with E-state index in [1.807, 2.05) is 59.3 Å². The second kappa shape index (κ2) is 8.13. The number of nitrogens with one attached hydrogen (secondary N) is 1. The standard InChI is InChI=1S/C25H18ClF2N3O/c26-18-9-7-16(8-10-18)24-23-6-3-13-30(23)22-5-2-1-4-17(22)15-31(24)25(32)29-21-14-19(27)11-12-20(21)28/h1-14,24H,15H2,(H,29,32)/t24-/m0/s1. The third-order valence-corrected chi connectivity index (χ3v) is 5.83. The largest absolute Gasteiger partial charge is 0.323 e. The Balaban J connectivity index is 1.63. The molecule has 2 heterocycles. The van der Waals surface area contributed by atoms with E-state index in [-0.39, 0.29) is 12.2 Å². The molecule has 0 saturated carbocycles. The Morgan fingerprint density at radius 1 is 0.969 bits per heavy atom. The van der Waals surface area contributed by atoms with Gasteiger partial charge in [0, 0.05) is 23.0 Å². The lowest BCUT2D eigenvalue weighted by atomic mass is 10.0. The van der Waals surface area contributed by atoms with Gasteiger partial charge in [-0.25, -0.2) is 13.6 Å². The Kier molecular flexibility index (Phi) is 5.15. The number of nitrogens with zero attached hydrogens (tertiary/aromatic N) is 2. The summed E-state index contributed by atoms with van der Waals surface area (Å²) in [6.07, 6.45) is 1.95. The van der Waals surface area contributed by atoms with Gasteiger partial charge in [0.2, 0.25) is 0 Å². The molecule has 0 radical (unpaired) electrons. The molecular formula is C25H18ClF2N3O. The Labute approximate surface area is 188 Å². The predicted octanol–water partition coefficient (Wildman–Crippen LogP) is 6.55. The van der Waals surface area contributed by atoms with Gasteiger partial charge in [0.1, 0.15) is 11.6 Å². The summed E-state index contributed by atoms with van der Waals surface area (Å²) in [4.78, 5) is 15.1. The van der Waals surface area contributed by atoms with Crippen LogP contribution >= 0.6 is 11.6 Å². The molecule has 4 aromatic rings. The molecule has 0 fully saturated rings. The fourth-order valence-corrected chi connectivity index (χ4v) is 4.24. The molecule has 3 aromatic carbocycles. The summed E-state index contributed by atoms with van der Waals surface area (Å²) in [6.45, 7) is 0.272. The fraction of sp³-hybridized carbons (Fsp3) is 0.0800. The van der Waals surface area contributed by atoms with E-state index in [1.165, 1.54) is 0 Å². The van der Waals surface area contributed by atoms with Gasteiger partial charge in [-0.05, 0) is 53.6 Å². The van der Waals surface area contributed by atoms with Crippen molar-refractivity contribution in [3.8, 4) is 5.69 Å². The number of carbonyl (C=O) groups excluding carboxylic acids is 1. The van der Waals surface area contributed by atoms with E-state index in [2.05, 4.69) is 5.32 Å². The minimum Gasteiger partial charge on any atom is -0.318 e. The Morgan fingerprint density at radius 3 is 2.56 bits per heavy atom. The van der Waals surface area contributed by atoms with Gasteiger partial charge in [-0.2, -0.15) is 0 Å². The highest BCUT2D eigenvalue weighted by molar-refractivity contribution is 6.30. The second-order valence-electron chi connectivity index (χ2n) is 7.57. The number of para-hydroxylation sites is 1. The molecular weight excluding hydrogens is 432 g/mol. The SMILES string of the molecule is O=C(Nc1cc(F)ccc1F)N1Cc2ccccc2-n2cccc2[C@@H]1c1ccc(Cl)cc1. The van der Waals surface area contributed by atoms with Crippen molar-refractivity contribution < 1.29 is 13.6 Å². The Hall–Kier alpha value is -3.64. The van der Waals surface area contributed by atoms with E-state index in [0.717, 1.165) is 40.7 Å². The maximum absolute atomic E-state index is 14.3. The first-order chi connectivity index (χ1) is 15.5. The first-order valence-electron chi connectivity index (χ1n) is 10.0. The number of fused-ring (bicyclic) bond motifs is 3. The molecule has 1 atom stereocenters. The van der Waals surface area contributed by atoms with Crippen molar-refractivity contribution in [2.24, 2.45) is 0 Å². The summed E-state index contributed by atoms with van der Waals surface area (Å²) in [7, 11) is 0. The molecule has 0 aliphatic carbocycles. The molecule has 1 aliphatic rings. The molecule has 2 amide bonds. The maximum Gasteiger partial charge on any atom is 0.323 e. The van der Waals surface area contributed by atoms with Crippen molar-refractivity contribution in [3.05, 3.63) is 119 Å². The van der Waals surface area contributed by atoms with E-state index in [9.17, 15) is 13.6 Å². The van der Waals surface area contributed by atoms with Crippen LogP contribution in [0.1, 0.15) is 22.9 Å². The lowest BCUT2D eigenvalue weighted by molar-refractivity contribution is 0.194. The number of anilines is 1. The smallest absolute Gasteiger partial charge is 0.318 e. The molecule has 160 valence electrons. The number of urea groups is 1. The van der Waals surface area contributed by atoms with Crippen LogP contribution in [0.25, 0.3) is 5.69 Å². The molecule has 0 spiro atoms. The predicted molar refractivity (Wildman–Crippen MR) is 120 cm³/mol. The third kappa shape index (κ3) is 3.63. The molecule has 0 bridgehead atoms. The molecule has 5 rings (SSSR count). The number of hydrogen-bond donors (Lipinski definition) is 1. The summed E-state index contributed by atoms with van der Waals surface area (Å²) in [5, 5.41) is 3.13. The van der Waals surface area contributed by atoms with Crippen LogP contribution in [0, 0.1) is 11.6 Å². The zero-order valence-electron chi connectivity index (χ0n) is 16.8. The summed E-state index contributed by atoms with van der Waals surface area (Å²) >= 11 is 6.10. The van der Waals surface area contributed by atoms with Gasteiger partial charge in [0.25, 0.3) is 0 Å². The number of carbonyl (C=O) groups is 1. The average molecular weight is 450 g/mol. The fourth-order valence-electron chi connectivity index (χ4n) is 4.12. The van der Waals surface area contributed by atoms with E-state index < -0.39 is 23.7 Å².